The number of nitrogens with zero attached hydrogens (tertiary/aromatic N) is 5. The summed E-state index contributed by atoms with van der Waals surface area (Å²) in [4.78, 5) is 14.9. The number of aromatic amines is 1. The van der Waals surface area contributed by atoms with Gasteiger partial charge in [0, 0.05) is 47.4 Å². The predicted octanol–water partition coefficient (Wildman–Crippen LogP) is 4.10. The first-order valence-electron chi connectivity index (χ1n) is 9.99. The van der Waals surface area contributed by atoms with Gasteiger partial charge in [-0.1, -0.05) is 12.1 Å². The lowest BCUT2D eigenvalue weighted by Crippen LogP contribution is -2.38. The van der Waals surface area contributed by atoms with E-state index in [9.17, 15) is 5.11 Å². The second-order valence-corrected chi connectivity index (χ2v) is 7.56. The minimum atomic E-state index is 0.0927. The van der Waals surface area contributed by atoms with Gasteiger partial charge in [-0.2, -0.15) is 0 Å². The number of benzene rings is 1. The Morgan fingerprint density at radius 2 is 2.10 bits per heavy atom. The molecule has 0 spiro atoms. The first-order chi connectivity index (χ1) is 14.0. The largest absolute Gasteiger partial charge is 0.507 e. The standard InChI is InChI=1S/C22H26N6O/c1-5-23-22(24-13(2)3)28-11-10-17-20(14(28)4)16-12-18(26-27-21(16)25-17)15-8-6-7-9-19(15)29/h5-9,12-14,29H,10-11H2,1-4H3,(H,25,27)/t14-/m0/s1. The first-order valence-corrected chi connectivity index (χ1v) is 9.99. The van der Waals surface area contributed by atoms with E-state index in [1.54, 1.807) is 18.3 Å². The quantitative estimate of drug-likeness (QED) is 0.509. The molecule has 1 atom stereocenters. The van der Waals surface area contributed by atoms with Gasteiger partial charge in [-0.25, -0.2) is 9.98 Å². The first kappa shape index (κ1) is 19.1. The molecule has 0 unspecified atom stereocenters. The van der Waals surface area contributed by atoms with Gasteiger partial charge >= 0.3 is 0 Å². The number of hydrogen-bond acceptors (Lipinski definition) is 4. The Balaban J connectivity index is 1.81. The van der Waals surface area contributed by atoms with Gasteiger partial charge in [0.15, 0.2) is 5.65 Å². The minimum absolute atomic E-state index is 0.0927. The second-order valence-electron chi connectivity index (χ2n) is 7.56. The van der Waals surface area contributed by atoms with E-state index in [1.165, 1.54) is 11.3 Å². The average Bonchev–Trinajstić information content (AvgIpc) is 3.06. The number of fused-ring (bicyclic) bond motifs is 3. The van der Waals surface area contributed by atoms with Crippen LogP contribution in [0.25, 0.3) is 22.3 Å². The third-order valence-corrected chi connectivity index (χ3v) is 5.22. The Labute approximate surface area is 170 Å². The molecule has 1 aliphatic heterocycles. The molecule has 2 aromatic heterocycles. The van der Waals surface area contributed by atoms with E-state index in [0.717, 1.165) is 30.0 Å². The number of hydrogen-bond donors (Lipinski definition) is 2. The zero-order valence-corrected chi connectivity index (χ0v) is 17.2. The van der Waals surface area contributed by atoms with Crippen molar-refractivity contribution in [2.45, 2.75) is 46.2 Å². The maximum atomic E-state index is 10.2. The van der Waals surface area contributed by atoms with Crippen molar-refractivity contribution in [3.05, 3.63) is 41.6 Å². The summed E-state index contributed by atoms with van der Waals surface area (Å²) in [6, 6.07) is 9.47. The maximum absolute atomic E-state index is 10.2. The van der Waals surface area contributed by atoms with Crippen molar-refractivity contribution < 1.29 is 5.11 Å². The third-order valence-electron chi connectivity index (χ3n) is 5.22. The highest BCUT2D eigenvalue weighted by Crippen LogP contribution is 2.37. The summed E-state index contributed by atoms with van der Waals surface area (Å²) in [5.41, 5.74) is 4.47. The summed E-state index contributed by atoms with van der Waals surface area (Å²) >= 11 is 0. The normalized spacial score (nSPS) is 17.5. The summed E-state index contributed by atoms with van der Waals surface area (Å²) in [5, 5.41) is 20.0. The SMILES string of the molecule is CC=NC(=NC(C)C)N1CCc2[nH]c3nnc(-c4ccccc4O)cc3c2[C@@H]1C. The molecule has 0 bridgehead atoms. The van der Waals surface area contributed by atoms with Crippen molar-refractivity contribution in [2.24, 2.45) is 9.98 Å². The maximum Gasteiger partial charge on any atom is 0.221 e. The van der Waals surface area contributed by atoms with E-state index in [4.69, 9.17) is 4.99 Å². The third kappa shape index (κ3) is 3.48. The Bertz CT molecular complexity index is 1100. The van der Waals surface area contributed by atoms with Crippen molar-refractivity contribution in [1.29, 1.82) is 0 Å². The molecular formula is C22H26N6O. The van der Waals surface area contributed by atoms with Crippen LogP contribution in [0.3, 0.4) is 0 Å². The van der Waals surface area contributed by atoms with Crippen LogP contribution in [0.1, 0.15) is 45.0 Å². The topological polar surface area (TPSA) is 89.8 Å². The summed E-state index contributed by atoms with van der Waals surface area (Å²) in [7, 11) is 0. The Morgan fingerprint density at radius 3 is 2.83 bits per heavy atom. The molecule has 2 N–H and O–H groups in total. The van der Waals surface area contributed by atoms with Gasteiger partial charge in [-0.05, 0) is 45.9 Å². The summed E-state index contributed by atoms with van der Waals surface area (Å²) in [6.45, 7) is 9.04. The van der Waals surface area contributed by atoms with Crippen LogP contribution in [0.15, 0.2) is 40.3 Å². The van der Waals surface area contributed by atoms with E-state index in [-0.39, 0.29) is 17.8 Å². The van der Waals surface area contributed by atoms with Gasteiger partial charge in [0.05, 0.1) is 11.7 Å². The molecule has 0 radical (unpaired) electrons. The van der Waals surface area contributed by atoms with Crippen LogP contribution >= 0.6 is 0 Å². The van der Waals surface area contributed by atoms with Crippen molar-refractivity contribution in [2.75, 3.05) is 6.54 Å². The van der Waals surface area contributed by atoms with Crippen LogP contribution in [0.5, 0.6) is 5.75 Å². The van der Waals surface area contributed by atoms with E-state index in [0.29, 0.717) is 11.3 Å². The van der Waals surface area contributed by atoms with Crippen LogP contribution in [-0.2, 0) is 6.42 Å². The van der Waals surface area contributed by atoms with E-state index < -0.39 is 0 Å². The van der Waals surface area contributed by atoms with E-state index >= 15 is 0 Å². The summed E-state index contributed by atoms with van der Waals surface area (Å²) in [5.74, 6) is 0.960. The lowest BCUT2D eigenvalue weighted by atomic mass is 9.97. The van der Waals surface area contributed by atoms with Crippen molar-refractivity contribution in [3.63, 3.8) is 0 Å². The number of rotatable bonds is 2. The van der Waals surface area contributed by atoms with E-state index in [2.05, 4.69) is 45.8 Å². The van der Waals surface area contributed by atoms with Crippen molar-refractivity contribution >= 4 is 23.2 Å². The number of aliphatic imine (C=N–C) groups is 2. The number of aromatic nitrogens is 3. The average molecular weight is 390 g/mol. The highest BCUT2D eigenvalue weighted by atomic mass is 16.3. The van der Waals surface area contributed by atoms with Crippen LogP contribution in [0.4, 0.5) is 0 Å². The molecule has 150 valence electrons. The fraction of sp³-hybridized carbons (Fsp3) is 0.364. The van der Waals surface area contributed by atoms with Gasteiger partial charge in [0.25, 0.3) is 0 Å². The zero-order chi connectivity index (χ0) is 20.5. The number of para-hydroxylation sites is 1. The summed E-state index contributed by atoms with van der Waals surface area (Å²) < 4.78 is 0. The highest BCUT2D eigenvalue weighted by molar-refractivity contribution is 5.90. The predicted molar refractivity (Wildman–Crippen MR) is 117 cm³/mol. The number of guanidine groups is 1. The fourth-order valence-corrected chi connectivity index (χ4v) is 3.94. The molecule has 0 fully saturated rings. The van der Waals surface area contributed by atoms with Crippen LogP contribution < -0.4 is 0 Å². The van der Waals surface area contributed by atoms with Crippen LogP contribution in [0, 0.1) is 0 Å². The Hall–Kier alpha value is -3.22. The Morgan fingerprint density at radius 1 is 1.31 bits per heavy atom. The van der Waals surface area contributed by atoms with Gasteiger partial charge < -0.3 is 15.0 Å². The molecule has 29 heavy (non-hydrogen) atoms. The minimum Gasteiger partial charge on any atom is -0.507 e. The van der Waals surface area contributed by atoms with Crippen LogP contribution in [-0.4, -0.2) is 49.9 Å². The molecule has 0 aliphatic carbocycles. The summed E-state index contributed by atoms with van der Waals surface area (Å²) in [6.07, 6.45) is 2.65. The van der Waals surface area contributed by atoms with Gasteiger partial charge in [0.2, 0.25) is 5.96 Å². The number of aromatic hydroxyl groups is 1. The second kappa shape index (κ2) is 7.66. The van der Waals surface area contributed by atoms with Crippen molar-refractivity contribution in [1.82, 2.24) is 20.1 Å². The molecule has 1 aromatic carbocycles. The molecule has 7 heteroatoms. The number of phenols is 1. The molecule has 1 aliphatic rings. The molecule has 3 aromatic rings. The molecule has 4 rings (SSSR count). The van der Waals surface area contributed by atoms with Gasteiger partial charge in [-0.15, -0.1) is 10.2 Å². The van der Waals surface area contributed by atoms with Gasteiger partial charge in [-0.3, -0.25) is 0 Å². The molecule has 3 heterocycles. The molecular weight excluding hydrogens is 364 g/mol. The monoisotopic (exact) mass is 390 g/mol. The van der Waals surface area contributed by atoms with Crippen LogP contribution in [0.2, 0.25) is 0 Å². The zero-order valence-electron chi connectivity index (χ0n) is 17.2. The van der Waals surface area contributed by atoms with Gasteiger partial charge in [0.1, 0.15) is 5.75 Å². The lowest BCUT2D eigenvalue weighted by molar-refractivity contribution is 0.314. The van der Waals surface area contributed by atoms with E-state index in [1.807, 2.05) is 25.1 Å². The number of phenolic OH excluding ortho intramolecular Hbond substituents is 1. The molecule has 0 amide bonds. The molecule has 7 nitrogen and oxygen atoms in total. The number of H-pyrrole nitrogens is 1. The number of nitrogens with one attached hydrogen (secondary N) is 1. The Kier molecular flexibility index (Phi) is 5.05. The van der Waals surface area contributed by atoms with Crippen molar-refractivity contribution in [3.8, 4) is 17.0 Å². The molecule has 0 saturated carbocycles. The fourth-order valence-electron chi connectivity index (χ4n) is 3.94. The lowest BCUT2D eigenvalue weighted by Gasteiger charge is -2.34. The molecule has 0 saturated heterocycles. The smallest absolute Gasteiger partial charge is 0.221 e. The highest BCUT2D eigenvalue weighted by Gasteiger charge is 2.30.